The molecule has 0 bridgehead atoms. The molecule has 54 valence electrons. The molecule has 2 atom stereocenters. The van der Waals surface area contributed by atoms with E-state index in [0.717, 1.165) is 19.1 Å². The van der Waals surface area contributed by atoms with Gasteiger partial charge in [-0.1, -0.05) is 6.92 Å². The van der Waals surface area contributed by atoms with E-state index in [9.17, 15) is 0 Å². The van der Waals surface area contributed by atoms with Gasteiger partial charge in [-0.2, -0.15) is 0 Å². The van der Waals surface area contributed by atoms with Crippen LogP contribution in [0.5, 0.6) is 0 Å². The molecule has 1 rings (SSSR count). The Bertz CT molecular complexity index is 83.0. The van der Waals surface area contributed by atoms with E-state index in [2.05, 4.69) is 12.2 Å². The van der Waals surface area contributed by atoms with Crippen molar-refractivity contribution in [1.82, 2.24) is 5.32 Å². The largest absolute Gasteiger partial charge is 0.377 e. The van der Waals surface area contributed by atoms with Crippen molar-refractivity contribution in [1.29, 1.82) is 0 Å². The van der Waals surface area contributed by atoms with E-state index in [1.54, 1.807) is 0 Å². The highest BCUT2D eigenvalue weighted by molar-refractivity contribution is 4.71. The molecule has 1 saturated heterocycles. The van der Waals surface area contributed by atoms with Gasteiger partial charge in [-0.25, -0.2) is 0 Å². The zero-order valence-electron chi connectivity index (χ0n) is 6.18. The van der Waals surface area contributed by atoms with Crippen LogP contribution in [0, 0.1) is 5.92 Å². The molecule has 2 nitrogen and oxygen atoms in total. The number of ether oxygens (including phenoxy) is 1. The van der Waals surface area contributed by atoms with Crippen LogP contribution < -0.4 is 5.32 Å². The van der Waals surface area contributed by atoms with Gasteiger partial charge in [0.25, 0.3) is 0 Å². The van der Waals surface area contributed by atoms with Crippen molar-refractivity contribution in [2.75, 3.05) is 20.2 Å². The number of hydrogen-bond acceptors (Lipinski definition) is 2. The van der Waals surface area contributed by atoms with Gasteiger partial charge in [0, 0.05) is 13.2 Å². The first-order chi connectivity index (χ1) is 4.33. The van der Waals surface area contributed by atoms with Crippen molar-refractivity contribution in [3.8, 4) is 0 Å². The average molecular weight is 129 g/mol. The number of nitrogens with one attached hydrogen (secondary N) is 1. The van der Waals surface area contributed by atoms with E-state index >= 15 is 0 Å². The third-order valence-electron chi connectivity index (χ3n) is 1.71. The Morgan fingerprint density at radius 2 is 2.44 bits per heavy atom. The summed E-state index contributed by atoms with van der Waals surface area (Å²) in [5.41, 5.74) is 0. The predicted octanol–water partition coefficient (Wildman–Crippen LogP) is 0.631. The van der Waals surface area contributed by atoms with Crippen LogP contribution in [0.4, 0.5) is 0 Å². The molecule has 0 amide bonds. The maximum absolute atomic E-state index is 5.44. The summed E-state index contributed by atoms with van der Waals surface area (Å²) in [5, 5.41) is 3.11. The first kappa shape index (κ1) is 7.03. The third-order valence-corrected chi connectivity index (χ3v) is 1.71. The lowest BCUT2D eigenvalue weighted by Crippen LogP contribution is -2.22. The third kappa shape index (κ3) is 1.95. The second kappa shape index (κ2) is 3.18. The van der Waals surface area contributed by atoms with Crippen molar-refractivity contribution >= 4 is 0 Å². The van der Waals surface area contributed by atoms with Crippen LogP contribution in [0.1, 0.15) is 13.3 Å². The number of likely N-dealkylation sites (N-methyl/N-ethyl adjacent to an activating group) is 1. The molecule has 0 aromatic rings. The van der Waals surface area contributed by atoms with Gasteiger partial charge in [-0.15, -0.1) is 0 Å². The molecule has 0 radical (unpaired) electrons. The molecule has 2 unspecified atom stereocenters. The van der Waals surface area contributed by atoms with Gasteiger partial charge in [-0.3, -0.25) is 0 Å². The van der Waals surface area contributed by atoms with E-state index in [4.69, 9.17) is 4.74 Å². The zero-order valence-corrected chi connectivity index (χ0v) is 6.18. The minimum Gasteiger partial charge on any atom is -0.377 e. The molecule has 0 aromatic carbocycles. The topological polar surface area (TPSA) is 21.3 Å². The van der Waals surface area contributed by atoms with Gasteiger partial charge >= 0.3 is 0 Å². The molecule has 0 saturated carbocycles. The summed E-state index contributed by atoms with van der Waals surface area (Å²) in [6.07, 6.45) is 1.70. The predicted molar refractivity (Wildman–Crippen MR) is 37.4 cm³/mol. The fourth-order valence-electron chi connectivity index (χ4n) is 1.26. The molecule has 1 N–H and O–H groups in total. The molecule has 1 aliphatic rings. The summed E-state index contributed by atoms with van der Waals surface area (Å²) in [6, 6.07) is 0. The summed E-state index contributed by atoms with van der Waals surface area (Å²) in [7, 11) is 1.96. The van der Waals surface area contributed by atoms with Crippen LogP contribution in [-0.4, -0.2) is 26.3 Å². The van der Waals surface area contributed by atoms with Crippen molar-refractivity contribution in [2.24, 2.45) is 5.92 Å². The van der Waals surface area contributed by atoms with E-state index in [-0.39, 0.29) is 0 Å². The monoisotopic (exact) mass is 129 g/mol. The second-order valence-corrected chi connectivity index (χ2v) is 2.85. The van der Waals surface area contributed by atoms with Crippen LogP contribution in [0.15, 0.2) is 0 Å². The lowest BCUT2D eigenvalue weighted by Gasteiger charge is -2.06. The number of hydrogen-bond donors (Lipinski definition) is 1. The summed E-state index contributed by atoms with van der Waals surface area (Å²) >= 11 is 0. The minimum absolute atomic E-state index is 0.477. The lowest BCUT2D eigenvalue weighted by atomic mass is 10.1. The van der Waals surface area contributed by atoms with E-state index in [0.29, 0.717) is 6.10 Å². The van der Waals surface area contributed by atoms with Crippen LogP contribution in [0.3, 0.4) is 0 Å². The Hall–Kier alpha value is -0.0800. The molecule has 0 spiro atoms. The van der Waals surface area contributed by atoms with Crippen molar-refractivity contribution in [3.05, 3.63) is 0 Å². The summed E-state index contributed by atoms with van der Waals surface area (Å²) in [5.74, 6) is 0.767. The Kier molecular flexibility index (Phi) is 2.49. The highest BCUT2D eigenvalue weighted by atomic mass is 16.5. The SMILES string of the molecule is CNCC1CC(C)CO1. The zero-order chi connectivity index (χ0) is 6.69. The van der Waals surface area contributed by atoms with Gasteiger partial charge in [0.1, 0.15) is 0 Å². The molecule has 2 heteroatoms. The molecule has 0 aliphatic carbocycles. The second-order valence-electron chi connectivity index (χ2n) is 2.85. The van der Waals surface area contributed by atoms with Gasteiger partial charge in [-0.05, 0) is 19.4 Å². The molecular formula is C7H15NO. The smallest absolute Gasteiger partial charge is 0.0702 e. The van der Waals surface area contributed by atoms with Crippen molar-refractivity contribution in [2.45, 2.75) is 19.4 Å². The maximum atomic E-state index is 5.44. The van der Waals surface area contributed by atoms with E-state index in [1.807, 2.05) is 7.05 Å². The Labute approximate surface area is 56.6 Å². The number of rotatable bonds is 2. The standard InChI is InChI=1S/C7H15NO/c1-6-3-7(4-8-2)9-5-6/h6-8H,3-5H2,1-2H3. The van der Waals surface area contributed by atoms with Gasteiger partial charge in [0.05, 0.1) is 6.10 Å². The summed E-state index contributed by atoms with van der Waals surface area (Å²) in [4.78, 5) is 0. The van der Waals surface area contributed by atoms with Crippen LogP contribution in [0.2, 0.25) is 0 Å². The van der Waals surface area contributed by atoms with Crippen LogP contribution in [-0.2, 0) is 4.74 Å². The first-order valence-electron chi connectivity index (χ1n) is 3.59. The van der Waals surface area contributed by atoms with Gasteiger partial charge < -0.3 is 10.1 Å². The van der Waals surface area contributed by atoms with E-state index in [1.165, 1.54) is 6.42 Å². The Morgan fingerprint density at radius 1 is 1.67 bits per heavy atom. The molecular weight excluding hydrogens is 114 g/mol. The summed E-state index contributed by atoms with van der Waals surface area (Å²) < 4.78 is 5.44. The van der Waals surface area contributed by atoms with Crippen LogP contribution in [0.25, 0.3) is 0 Å². The lowest BCUT2D eigenvalue weighted by molar-refractivity contribution is 0.108. The fourth-order valence-corrected chi connectivity index (χ4v) is 1.26. The minimum atomic E-state index is 0.477. The van der Waals surface area contributed by atoms with E-state index < -0.39 is 0 Å². The Balaban J connectivity index is 2.14. The molecule has 1 aliphatic heterocycles. The Morgan fingerprint density at radius 3 is 2.89 bits per heavy atom. The van der Waals surface area contributed by atoms with Gasteiger partial charge in [0.15, 0.2) is 0 Å². The molecule has 1 fully saturated rings. The molecule has 0 aromatic heterocycles. The highest BCUT2D eigenvalue weighted by Crippen LogP contribution is 2.17. The first-order valence-corrected chi connectivity index (χ1v) is 3.59. The average Bonchev–Trinajstić information content (AvgIpc) is 2.17. The summed E-state index contributed by atoms with van der Waals surface area (Å²) in [6.45, 7) is 4.19. The highest BCUT2D eigenvalue weighted by Gasteiger charge is 2.20. The van der Waals surface area contributed by atoms with Crippen LogP contribution >= 0.6 is 0 Å². The fraction of sp³-hybridized carbons (Fsp3) is 1.00. The quantitative estimate of drug-likeness (QED) is 0.590. The molecule has 1 heterocycles. The maximum Gasteiger partial charge on any atom is 0.0702 e. The van der Waals surface area contributed by atoms with Gasteiger partial charge in [0.2, 0.25) is 0 Å². The normalized spacial score (nSPS) is 35.3. The van der Waals surface area contributed by atoms with Crippen molar-refractivity contribution < 1.29 is 4.74 Å². The molecule has 9 heavy (non-hydrogen) atoms. The van der Waals surface area contributed by atoms with Crippen molar-refractivity contribution in [3.63, 3.8) is 0 Å².